The lowest BCUT2D eigenvalue weighted by atomic mass is 10.1. The van der Waals surface area contributed by atoms with E-state index in [9.17, 15) is 9.59 Å². The van der Waals surface area contributed by atoms with Crippen molar-refractivity contribution in [2.45, 2.75) is 38.1 Å². The Balaban J connectivity index is 1.76. The third-order valence-electron chi connectivity index (χ3n) is 4.76. The third kappa shape index (κ3) is 6.28. The van der Waals surface area contributed by atoms with E-state index < -0.39 is 0 Å². The van der Waals surface area contributed by atoms with Crippen LogP contribution in [0.3, 0.4) is 0 Å². The molecule has 0 saturated carbocycles. The van der Waals surface area contributed by atoms with Gasteiger partial charge >= 0.3 is 0 Å². The van der Waals surface area contributed by atoms with Gasteiger partial charge in [-0.25, -0.2) is 4.98 Å². The second-order valence-electron chi connectivity index (χ2n) is 6.98. The molecule has 0 aliphatic rings. The summed E-state index contributed by atoms with van der Waals surface area (Å²) < 4.78 is 5.43. The first kappa shape index (κ1) is 22.8. The SMILES string of the molecule is COc1cc(Cl)ccc1-c1cnc([C@H](CCCCCC(N)=O)NC(=O)c2cncs2)[nH]1. The third-order valence-corrected chi connectivity index (χ3v) is 5.76. The molecule has 0 aliphatic heterocycles. The number of nitrogens with one attached hydrogen (secondary N) is 2. The molecule has 0 radical (unpaired) electrons. The van der Waals surface area contributed by atoms with Crippen molar-refractivity contribution in [1.29, 1.82) is 0 Å². The second kappa shape index (κ2) is 10.9. The first-order chi connectivity index (χ1) is 15.0. The maximum Gasteiger partial charge on any atom is 0.263 e. The van der Waals surface area contributed by atoms with Gasteiger partial charge in [-0.05, 0) is 31.0 Å². The van der Waals surface area contributed by atoms with Crippen LogP contribution in [0.25, 0.3) is 11.3 Å². The van der Waals surface area contributed by atoms with Gasteiger partial charge in [-0.15, -0.1) is 11.3 Å². The van der Waals surface area contributed by atoms with Crippen LogP contribution in [0.4, 0.5) is 0 Å². The lowest BCUT2D eigenvalue weighted by molar-refractivity contribution is -0.118. The van der Waals surface area contributed by atoms with E-state index in [-0.39, 0.29) is 17.9 Å². The maximum atomic E-state index is 12.6. The number of carbonyl (C=O) groups excluding carboxylic acids is 2. The standard InChI is InChI=1S/C21H24ClN5O3S/c1-30-17-9-13(22)7-8-14(17)16-10-25-20(26-16)15(5-3-2-4-6-19(23)28)27-21(29)18-11-24-12-31-18/h7-12,15H,2-6H2,1H3,(H2,23,28)(H,25,26)(H,27,29)/t15-/m0/s1. The van der Waals surface area contributed by atoms with Gasteiger partial charge in [0.25, 0.3) is 5.91 Å². The Hall–Kier alpha value is -2.91. The highest BCUT2D eigenvalue weighted by Crippen LogP contribution is 2.32. The molecule has 0 saturated heterocycles. The summed E-state index contributed by atoms with van der Waals surface area (Å²) in [6, 6.07) is 5.05. The second-order valence-corrected chi connectivity index (χ2v) is 8.31. The van der Waals surface area contributed by atoms with E-state index in [0.29, 0.717) is 34.3 Å². The topological polar surface area (TPSA) is 123 Å². The van der Waals surface area contributed by atoms with E-state index in [1.54, 1.807) is 30.9 Å². The van der Waals surface area contributed by atoms with Gasteiger partial charge in [0.2, 0.25) is 5.91 Å². The molecule has 164 valence electrons. The van der Waals surface area contributed by atoms with Gasteiger partial charge in [0.15, 0.2) is 0 Å². The lowest BCUT2D eigenvalue weighted by Crippen LogP contribution is -2.28. The van der Waals surface area contributed by atoms with Crippen LogP contribution in [0.1, 0.15) is 53.6 Å². The number of amides is 2. The highest BCUT2D eigenvalue weighted by molar-refractivity contribution is 7.11. The normalized spacial score (nSPS) is 11.8. The molecule has 3 rings (SSSR count). The first-order valence-corrected chi connectivity index (χ1v) is 11.1. The van der Waals surface area contributed by atoms with Crippen molar-refractivity contribution in [3.8, 4) is 17.0 Å². The molecule has 1 atom stereocenters. The van der Waals surface area contributed by atoms with Crippen molar-refractivity contribution in [1.82, 2.24) is 20.3 Å². The zero-order valence-electron chi connectivity index (χ0n) is 17.1. The summed E-state index contributed by atoms with van der Waals surface area (Å²) in [5.41, 5.74) is 8.40. The number of ether oxygens (including phenoxy) is 1. The van der Waals surface area contributed by atoms with Gasteiger partial charge < -0.3 is 20.8 Å². The largest absolute Gasteiger partial charge is 0.496 e. The number of nitrogens with two attached hydrogens (primary N) is 1. The van der Waals surface area contributed by atoms with Gasteiger partial charge in [0.05, 0.1) is 36.7 Å². The molecular formula is C21H24ClN5O3S. The molecular weight excluding hydrogens is 438 g/mol. The maximum absolute atomic E-state index is 12.6. The summed E-state index contributed by atoms with van der Waals surface area (Å²) in [7, 11) is 1.58. The van der Waals surface area contributed by atoms with Crippen molar-refractivity contribution in [2.24, 2.45) is 5.73 Å². The van der Waals surface area contributed by atoms with Crippen LogP contribution in [-0.2, 0) is 4.79 Å². The van der Waals surface area contributed by atoms with Crippen LogP contribution in [0.2, 0.25) is 5.02 Å². The minimum atomic E-state index is -0.324. The molecule has 0 unspecified atom stereocenters. The Morgan fingerprint density at radius 1 is 1.29 bits per heavy atom. The average molecular weight is 462 g/mol. The Labute approximate surface area is 189 Å². The zero-order valence-corrected chi connectivity index (χ0v) is 18.6. The molecule has 0 fully saturated rings. The molecule has 4 N–H and O–H groups in total. The number of thiazole rings is 1. The Morgan fingerprint density at radius 2 is 2.13 bits per heavy atom. The van der Waals surface area contributed by atoms with Crippen LogP contribution in [-0.4, -0.2) is 33.9 Å². The number of carbonyl (C=O) groups is 2. The highest BCUT2D eigenvalue weighted by atomic mass is 35.5. The molecule has 10 heteroatoms. The Kier molecular flexibility index (Phi) is 8.02. The number of rotatable bonds is 11. The average Bonchev–Trinajstić information content (AvgIpc) is 3.44. The summed E-state index contributed by atoms with van der Waals surface area (Å²) in [4.78, 5) is 35.8. The first-order valence-electron chi connectivity index (χ1n) is 9.84. The van der Waals surface area contributed by atoms with E-state index in [1.807, 2.05) is 6.07 Å². The molecule has 2 amide bonds. The van der Waals surface area contributed by atoms with Crippen molar-refractivity contribution >= 4 is 34.8 Å². The number of H-pyrrole nitrogens is 1. The van der Waals surface area contributed by atoms with Crippen molar-refractivity contribution in [2.75, 3.05) is 7.11 Å². The monoisotopic (exact) mass is 461 g/mol. The zero-order chi connectivity index (χ0) is 22.2. The molecule has 1 aromatic carbocycles. The molecule has 0 spiro atoms. The van der Waals surface area contributed by atoms with Crippen LogP contribution in [0.15, 0.2) is 36.1 Å². The summed E-state index contributed by atoms with van der Waals surface area (Å²) in [6.07, 6.45) is 6.62. The summed E-state index contributed by atoms with van der Waals surface area (Å²) in [5.74, 6) is 0.758. The molecule has 8 nitrogen and oxygen atoms in total. The number of aromatic nitrogens is 3. The van der Waals surface area contributed by atoms with Crippen molar-refractivity contribution in [3.05, 3.63) is 51.8 Å². The number of primary amides is 1. The van der Waals surface area contributed by atoms with E-state index >= 15 is 0 Å². The number of aromatic amines is 1. The van der Waals surface area contributed by atoms with Crippen LogP contribution in [0.5, 0.6) is 5.75 Å². The molecule has 31 heavy (non-hydrogen) atoms. The van der Waals surface area contributed by atoms with E-state index in [4.69, 9.17) is 22.1 Å². The number of methoxy groups -OCH3 is 1. The van der Waals surface area contributed by atoms with E-state index in [1.165, 1.54) is 17.5 Å². The van der Waals surface area contributed by atoms with Gasteiger partial charge in [-0.2, -0.15) is 0 Å². The fourth-order valence-corrected chi connectivity index (χ4v) is 3.88. The highest BCUT2D eigenvalue weighted by Gasteiger charge is 2.20. The molecule has 2 heterocycles. The molecule has 0 aliphatic carbocycles. The van der Waals surface area contributed by atoms with E-state index in [0.717, 1.165) is 30.5 Å². The fourth-order valence-electron chi connectivity index (χ4n) is 3.20. The predicted molar refractivity (Wildman–Crippen MR) is 120 cm³/mol. The van der Waals surface area contributed by atoms with Gasteiger partial charge in [-0.1, -0.05) is 24.4 Å². The lowest BCUT2D eigenvalue weighted by Gasteiger charge is -2.16. The Bertz CT molecular complexity index is 1020. The number of hydrogen-bond donors (Lipinski definition) is 3. The van der Waals surface area contributed by atoms with E-state index in [2.05, 4.69) is 20.3 Å². The number of imidazole rings is 1. The molecule has 0 bridgehead atoms. The Morgan fingerprint density at radius 3 is 2.84 bits per heavy atom. The molecule has 3 aromatic rings. The number of halogens is 1. The van der Waals surface area contributed by atoms with Gasteiger partial charge in [-0.3, -0.25) is 14.6 Å². The van der Waals surface area contributed by atoms with Crippen LogP contribution >= 0.6 is 22.9 Å². The molecule has 2 aromatic heterocycles. The van der Waals surface area contributed by atoms with Crippen LogP contribution < -0.4 is 15.8 Å². The van der Waals surface area contributed by atoms with Crippen LogP contribution in [0, 0.1) is 0 Å². The summed E-state index contributed by atoms with van der Waals surface area (Å²) in [6.45, 7) is 0. The van der Waals surface area contributed by atoms with Gasteiger partial charge in [0, 0.05) is 17.0 Å². The minimum Gasteiger partial charge on any atom is -0.496 e. The van der Waals surface area contributed by atoms with Crippen molar-refractivity contribution in [3.63, 3.8) is 0 Å². The summed E-state index contributed by atoms with van der Waals surface area (Å²) >= 11 is 7.34. The van der Waals surface area contributed by atoms with Crippen molar-refractivity contribution < 1.29 is 14.3 Å². The number of unbranched alkanes of at least 4 members (excludes halogenated alkanes) is 2. The quantitative estimate of drug-likeness (QED) is 0.371. The van der Waals surface area contributed by atoms with Gasteiger partial charge in [0.1, 0.15) is 16.5 Å². The predicted octanol–water partition coefficient (Wildman–Crippen LogP) is 4.10. The number of hydrogen-bond acceptors (Lipinski definition) is 6. The minimum absolute atomic E-state index is 0.202. The number of nitrogens with zero attached hydrogens (tertiary/aromatic N) is 2. The summed E-state index contributed by atoms with van der Waals surface area (Å²) in [5, 5.41) is 3.61. The fraction of sp³-hybridized carbons (Fsp3) is 0.333. The number of benzene rings is 1. The smallest absolute Gasteiger partial charge is 0.263 e.